The van der Waals surface area contributed by atoms with Gasteiger partial charge in [0.15, 0.2) is 0 Å². The third-order valence-electron chi connectivity index (χ3n) is 6.52. The van der Waals surface area contributed by atoms with Crippen molar-refractivity contribution >= 4 is 11.4 Å². The molecule has 1 heterocycles. The molecule has 0 radical (unpaired) electrons. The molecule has 0 atom stereocenters. The summed E-state index contributed by atoms with van der Waals surface area (Å²) >= 11 is 0. The molecule has 3 nitrogen and oxygen atoms in total. The van der Waals surface area contributed by atoms with Crippen LogP contribution in [-0.2, 0) is 0 Å². The molecule has 0 saturated heterocycles. The maximum absolute atomic E-state index is 5.10. The summed E-state index contributed by atoms with van der Waals surface area (Å²) in [4.78, 5) is 9.83. The van der Waals surface area contributed by atoms with Crippen LogP contribution < -0.4 is 9.80 Å². The summed E-state index contributed by atoms with van der Waals surface area (Å²) in [5.41, 5.74) is 9.14. The molecule has 0 aliphatic heterocycles. The normalized spacial score (nSPS) is 10.8. The van der Waals surface area contributed by atoms with E-state index in [0.717, 1.165) is 48.7 Å². The van der Waals surface area contributed by atoms with Gasteiger partial charge in [-0.2, -0.15) is 0 Å². The first-order chi connectivity index (χ1) is 16.7. The fraction of sp³-hybridized carbons (Fsp3) is 0.258. The zero-order chi connectivity index (χ0) is 23.9. The number of pyridine rings is 1. The van der Waals surface area contributed by atoms with Crippen LogP contribution in [0.1, 0.15) is 27.7 Å². The number of anilines is 2. The summed E-state index contributed by atoms with van der Waals surface area (Å²) in [7, 11) is 0. The molecule has 174 valence electrons. The Kier molecular flexibility index (Phi) is 7.64. The van der Waals surface area contributed by atoms with Crippen molar-refractivity contribution < 1.29 is 0 Å². The topological polar surface area (TPSA) is 19.4 Å². The van der Waals surface area contributed by atoms with Crippen LogP contribution in [0.4, 0.5) is 11.4 Å². The molecule has 0 fully saturated rings. The average Bonchev–Trinajstić information content (AvgIpc) is 2.91. The first-order valence-electron chi connectivity index (χ1n) is 12.4. The molecule has 0 unspecified atom stereocenters. The number of hydrogen-bond donors (Lipinski definition) is 0. The minimum atomic E-state index is 0.996. The summed E-state index contributed by atoms with van der Waals surface area (Å²) in [6, 6.07) is 32.6. The van der Waals surface area contributed by atoms with Gasteiger partial charge in [0.25, 0.3) is 0 Å². The third-order valence-corrected chi connectivity index (χ3v) is 6.52. The monoisotopic (exact) mass is 449 g/mol. The molecule has 0 saturated carbocycles. The summed E-state index contributed by atoms with van der Waals surface area (Å²) < 4.78 is 0. The molecule has 0 N–H and O–H groups in total. The Morgan fingerprint density at radius 1 is 0.471 bits per heavy atom. The van der Waals surface area contributed by atoms with E-state index < -0.39 is 0 Å². The van der Waals surface area contributed by atoms with Gasteiger partial charge in [0.2, 0.25) is 0 Å². The third kappa shape index (κ3) is 5.14. The molecule has 1 aromatic heterocycles. The molecule has 0 aliphatic rings. The lowest BCUT2D eigenvalue weighted by atomic mass is 9.99. The van der Waals surface area contributed by atoms with Crippen molar-refractivity contribution in [2.45, 2.75) is 27.7 Å². The molecule has 3 aromatic carbocycles. The van der Waals surface area contributed by atoms with Gasteiger partial charge in [-0.25, -0.2) is 4.98 Å². The molecular formula is C31H35N3. The van der Waals surface area contributed by atoms with E-state index in [1.807, 2.05) is 0 Å². The predicted molar refractivity (Wildman–Crippen MR) is 148 cm³/mol. The summed E-state index contributed by atoms with van der Waals surface area (Å²) in [6.45, 7) is 12.8. The Balaban J connectivity index is 1.76. The number of benzene rings is 3. The molecule has 0 aliphatic carbocycles. The predicted octanol–water partition coefficient (Wildman–Crippen LogP) is 7.78. The van der Waals surface area contributed by atoms with Gasteiger partial charge in [-0.3, -0.25) is 0 Å². The van der Waals surface area contributed by atoms with Gasteiger partial charge < -0.3 is 9.80 Å². The van der Waals surface area contributed by atoms with E-state index in [9.17, 15) is 0 Å². The van der Waals surface area contributed by atoms with E-state index in [-0.39, 0.29) is 0 Å². The number of hydrogen-bond acceptors (Lipinski definition) is 3. The zero-order valence-corrected chi connectivity index (χ0v) is 20.8. The number of rotatable bonds is 9. The lowest BCUT2D eigenvalue weighted by molar-refractivity contribution is 0.866. The van der Waals surface area contributed by atoms with Crippen LogP contribution in [-0.4, -0.2) is 31.2 Å². The van der Waals surface area contributed by atoms with E-state index in [1.165, 1.54) is 22.5 Å². The van der Waals surface area contributed by atoms with Gasteiger partial charge in [-0.05, 0) is 75.2 Å². The second kappa shape index (κ2) is 11.0. The summed E-state index contributed by atoms with van der Waals surface area (Å²) in [5.74, 6) is 0. The molecule has 0 bridgehead atoms. The highest BCUT2D eigenvalue weighted by Crippen LogP contribution is 2.31. The Morgan fingerprint density at radius 3 is 1.26 bits per heavy atom. The Morgan fingerprint density at radius 2 is 0.882 bits per heavy atom. The first kappa shape index (κ1) is 23.6. The molecule has 0 spiro atoms. The van der Waals surface area contributed by atoms with Crippen LogP contribution in [0.5, 0.6) is 0 Å². The highest BCUT2D eigenvalue weighted by atomic mass is 15.1. The van der Waals surface area contributed by atoms with Crippen LogP contribution in [0.2, 0.25) is 0 Å². The highest BCUT2D eigenvalue weighted by Gasteiger charge is 2.11. The second-order valence-electron chi connectivity index (χ2n) is 8.43. The molecule has 0 amide bonds. The molecular weight excluding hydrogens is 414 g/mol. The summed E-state index contributed by atoms with van der Waals surface area (Å²) in [5, 5.41) is 0. The molecule has 4 rings (SSSR count). The van der Waals surface area contributed by atoms with Crippen molar-refractivity contribution in [3.63, 3.8) is 0 Å². The van der Waals surface area contributed by atoms with Gasteiger partial charge in [-0.1, -0.05) is 54.6 Å². The van der Waals surface area contributed by atoms with Crippen molar-refractivity contribution in [3.05, 3.63) is 91.0 Å². The Hall–Kier alpha value is -3.59. The SMILES string of the molecule is CCN(CC)c1ccc(-c2cc(-c3ccccc3)cc(-c3ccc(N(CC)CC)cc3)n2)cc1. The maximum atomic E-state index is 5.10. The minimum absolute atomic E-state index is 0.996. The fourth-order valence-electron chi connectivity index (χ4n) is 4.49. The van der Waals surface area contributed by atoms with Crippen LogP contribution >= 0.6 is 0 Å². The van der Waals surface area contributed by atoms with Crippen LogP contribution in [0.3, 0.4) is 0 Å². The Bertz CT molecular complexity index is 1100. The standard InChI is InChI=1S/C31H35N3/c1-5-33(6-2)28-18-14-25(15-19-28)30-22-27(24-12-10-9-11-13-24)23-31(32-30)26-16-20-29(21-17-26)34(7-3)8-4/h9-23H,5-8H2,1-4H3. The molecule has 34 heavy (non-hydrogen) atoms. The van der Waals surface area contributed by atoms with Gasteiger partial charge in [0, 0.05) is 48.7 Å². The smallest absolute Gasteiger partial charge is 0.0715 e. The highest BCUT2D eigenvalue weighted by molar-refractivity contribution is 5.77. The first-order valence-corrected chi connectivity index (χ1v) is 12.4. The zero-order valence-electron chi connectivity index (χ0n) is 20.8. The quantitative estimate of drug-likeness (QED) is 0.260. The maximum Gasteiger partial charge on any atom is 0.0715 e. The van der Waals surface area contributed by atoms with Gasteiger partial charge in [-0.15, -0.1) is 0 Å². The van der Waals surface area contributed by atoms with Crippen molar-refractivity contribution in [3.8, 4) is 33.6 Å². The van der Waals surface area contributed by atoms with Crippen molar-refractivity contribution in [2.75, 3.05) is 36.0 Å². The van der Waals surface area contributed by atoms with E-state index in [2.05, 4.69) is 128 Å². The van der Waals surface area contributed by atoms with Crippen molar-refractivity contribution in [2.24, 2.45) is 0 Å². The number of aromatic nitrogens is 1. The number of nitrogens with zero attached hydrogens (tertiary/aromatic N) is 3. The average molecular weight is 450 g/mol. The van der Waals surface area contributed by atoms with Crippen LogP contribution in [0.25, 0.3) is 33.6 Å². The molecule has 4 aromatic rings. The minimum Gasteiger partial charge on any atom is -0.372 e. The van der Waals surface area contributed by atoms with Crippen molar-refractivity contribution in [1.29, 1.82) is 0 Å². The largest absolute Gasteiger partial charge is 0.372 e. The van der Waals surface area contributed by atoms with Gasteiger partial charge in [0.05, 0.1) is 11.4 Å². The second-order valence-corrected chi connectivity index (χ2v) is 8.43. The van der Waals surface area contributed by atoms with E-state index in [0.29, 0.717) is 0 Å². The van der Waals surface area contributed by atoms with Gasteiger partial charge in [0.1, 0.15) is 0 Å². The Labute approximate surface area is 204 Å². The van der Waals surface area contributed by atoms with E-state index in [1.54, 1.807) is 0 Å². The lowest BCUT2D eigenvalue weighted by Gasteiger charge is -2.21. The lowest BCUT2D eigenvalue weighted by Crippen LogP contribution is -2.21. The van der Waals surface area contributed by atoms with E-state index in [4.69, 9.17) is 4.98 Å². The van der Waals surface area contributed by atoms with Crippen LogP contribution in [0.15, 0.2) is 91.0 Å². The molecule has 3 heteroatoms. The fourth-order valence-corrected chi connectivity index (χ4v) is 4.49. The van der Waals surface area contributed by atoms with Crippen molar-refractivity contribution in [1.82, 2.24) is 4.98 Å². The van der Waals surface area contributed by atoms with E-state index >= 15 is 0 Å². The van der Waals surface area contributed by atoms with Gasteiger partial charge >= 0.3 is 0 Å². The van der Waals surface area contributed by atoms with Crippen LogP contribution in [0, 0.1) is 0 Å². The summed E-state index contributed by atoms with van der Waals surface area (Å²) in [6.07, 6.45) is 0.